The normalized spacial score (nSPS) is 11.7. The Kier molecular flexibility index (Phi) is 5.31. The number of hydrogen-bond acceptors (Lipinski definition) is 3. The minimum absolute atomic E-state index is 0.146. The fourth-order valence-corrected chi connectivity index (χ4v) is 2.90. The Morgan fingerprint density at radius 1 is 1.07 bits per heavy atom. The summed E-state index contributed by atoms with van der Waals surface area (Å²) in [6.07, 6.45) is 1.72. The molecule has 0 bridgehead atoms. The smallest absolute Gasteiger partial charge is 0.251 e. The van der Waals surface area contributed by atoms with Crippen LogP contribution in [0.1, 0.15) is 51.0 Å². The molecule has 0 spiro atoms. The maximum atomic E-state index is 13.3. The molecule has 0 fully saturated rings. The quantitative estimate of drug-likeness (QED) is 0.703. The first-order chi connectivity index (χ1) is 13.1. The average molecular weight is 380 g/mol. The van der Waals surface area contributed by atoms with E-state index < -0.39 is 0 Å². The summed E-state index contributed by atoms with van der Waals surface area (Å²) in [5.74, 6) is -0.501. The standard InChI is InChI=1S/C22H25FN4O/c1-14(2)27-20(10-11-24-27)19-13-16(21(28)26-22(3,4)5)12-18(25-19)15-6-8-17(23)9-7-15/h6-14H,1-5H3,(H,26,28). The Morgan fingerprint density at radius 3 is 2.32 bits per heavy atom. The van der Waals surface area contributed by atoms with Crippen molar-refractivity contribution in [3.63, 3.8) is 0 Å². The minimum atomic E-state index is -0.365. The van der Waals surface area contributed by atoms with Gasteiger partial charge in [-0.3, -0.25) is 9.48 Å². The van der Waals surface area contributed by atoms with E-state index in [2.05, 4.69) is 10.4 Å². The maximum absolute atomic E-state index is 13.3. The molecule has 0 saturated heterocycles. The SMILES string of the molecule is CC(C)n1nccc1-c1cc(C(=O)NC(C)(C)C)cc(-c2ccc(F)cc2)n1. The van der Waals surface area contributed by atoms with Gasteiger partial charge in [-0.2, -0.15) is 5.10 Å². The molecule has 0 unspecified atom stereocenters. The highest BCUT2D eigenvalue weighted by Crippen LogP contribution is 2.26. The van der Waals surface area contributed by atoms with Gasteiger partial charge in [-0.05, 0) is 77.1 Å². The second-order valence-corrected chi connectivity index (χ2v) is 8.09. The first-order valence-electron chi connectivity index (χ1n) is 9.28. The van der Waals surface area contributed by atoms with Gasteiger partial charge in [-0.15, -0.1) is 0 Å². The Hall–Kier alpha value is -3.02. The van der Waals surface area contributed by atoms with Gasteiger partial charge in [0.05, 0.1) is 17.1 Å². The van der Waals surface area contributed by atoms with Crippen molar-refractivity contribution in [2.45, 2.75) is 46.2 Å². The van der Waals surface area contributed by atoms with Gasteiger partial charge in [0.2, 0.25) is 0 Å². The number of hydrogen-bond donors (Lipinski definition) is 1. The molecule has 1 amide bonds. The summed E-state index contributed by atoms with van der Waals surface area (Å²) in [4.78, 5) is 17.6. The van der Waals surface area contributed by atoms with Crippen molar-refractivity contribution < 1.29 is 9.18 Å². The van der Waals surface area contributed by atoms with Crippen LogP contribution >= 0.6 is 0 Å². The monoisotopic (exact) mass is 380 g/mol. The summed E-state index contributed by atoms with van der Waals surface area (Å²) in [7, 11) is 0. The van der Waals surface area contributed by atoms with Crippen molar-refractivity contribution >= 4 is 5.91 Å². The highest BCUT2D eigenvalue weighted by Gasteiger charge is 2.19. The highest BCUT2D eigenvalue weighted by atomic mass is 19.1. The van der Waals surface area contributed by atoms with Crippen molar-refractivity contribution in [2.75, 3.05) is 0 Å². The fraction of sp³-hybridized carbons (Fsp3) is 0.318. The molecule has 1 N–H and O–H groups in total. The molecule has 0 saturated carbocycles. The van der Waals surface area contributed by atoms with Gasteiger partial charge < -0.3 is 5.32 Å². The first-order valence-corrected chi connectivity index (χ1v) is 9.28. The van der Waals surface area contributed by atoms with E-state index in [0.717, 1.165) is 11.3 Å². The van der Waals surface area contributed by atoms with Crippen molar-refractivity contribution in [3.8, 4) is 22.6 Å². The molecule has 3 aromatic rings. The molecule has 2 heterocycles. The van der Waals surface area contributed by atoms with E-state index in [1.165, 1.54) is 12.1 Å². The van der Waals surface area contributed by atoms with Crippen molar-refractivity contribution in [1.29, 1.82) is 0 Å². The zero-order valence-electron chi connectivity index (χ0n) is 16.8. The molecule has 6 heteroatoms. The zero-order chi connectivity index (χ0) is 20.5. The van der Waals surface area contributed by atoms with Gasteiger partial charge in [0, 0.05) is 28.9 Å². The molecule has 1 aromatic carbocycles. The number of amides is 1. The van der Waals surface area contributed by atoms with Crippen LogP contribution in [0.5, 0.6) is 0 Å². The van der Waals surface area contributed by atoms with E-state index in [0.29, 0.717) is 17.0 Å². The summed E-state index contributed by atoms with van der Waals surface area (Å²) in [6, 6.07) is 11.6. The van der Waals surface area contributed by atoms with Crippen LogP contribution in [0, 0.1) is 5.82 Å². The van der Waals surface area contributed by atoms with Crippen molar-refractivity contribution in [2.24, 2.45) is 0 Å². The molecular formula is C22H25FN4O. The molecule has 28 heavy (non-hydrogen) atoms. The lowest BCUT2D eigenvalue weighted by Crippen LogP contribution is -2.40. The number of pyridine rings is 1. The highest BCUT2D eigenvalue weighted by molar-refractivity contribution is 5.96. The Bertz CT molecular complexity index is 985. The Morgan fingerprint density at radius 2 is 1.71 bits per heavy atom. The van der Waals surface area contributed by atoms with Gasteiger partial charge in [-0.25, -0.2) is 9.37 Å². The number of carbonyl (C=O) groups is 1. The van der Waals surface area contributed by atoms with E-state index in [9.17, 15) is 9.18 Å². The maximum Gasteiger partial charge on any atom is 0.251 e. The molecular weight excluding hydrogens is 355 g/mol. The second-order valence-electron chi connectivity index (χ2n) is 8.09. The van der Waals surface area contributed by atoms with Gasteiger partial charge >= 0.3 is 0 Å². The molecule has 3 rings (SSSR count). The third-order valence-corrected chi connectivity index (χ3v) is 4.14. The average Bonchev–Trinajstić information content (AvgIpc) is 3.10. The third-order valence-electron chi connectivity index (χ3n) is 4.14. The lowest BCUT2D eigenvalue weighted by molar-refractivity contribution is 0.0919. The molecule has 0 aliphatic carbocycles. The molecule has 0 atom stereocenters. The van der Waals surface area contributed by atoms with Crippen LogP contribution in [0.15, 0.2) is 48.7 Å². The summed E-state index contributed by atoms with van der Waals surface area (Å²) in [5, 5.41) is 7.35. The Labute approximate surface area is 164 Å². The van der Waals surface area contributed by atoms with Crippen LogP contribution in [-0.2, 0) is 0 Å². The van der Waals surface area contributed by atoms with E-state index >= 15 is 0 Å². The molecule has 5 nitrogen and oxygen atoms in total. The largest absolute Gasteiger partial charge is 0.347 e. The van der Waals surface area contributed by atoms with Crippen molar-refractivity contribution in [3.05, 3.63) is 60.0 Å². The molecule has 146 valence electrons. The van der Waals surface area contributed by atoms with Gasteiger partial charge in [0.1, 0.15) is 5.82 Å². The Balaban J connectivity index is 2.15. The number of halogens is 1. The summed E-state index contributed by atoms with van der Waals surface area (Å²) >= 11 is 0. The number of benzene rings is 1. The van der Waals surface area contributed by atoms with Crippen LogP contribution in [0.25, 0.3) is 22.6 Å². The predicted octanol–water partition coefficient (Wildman–Crippen LogP) is 4.86. The summed E-state index contributed by atoms with van der Waals surface area (Å²) in [5.41, 5.74) is 2.94. The van der Waals surface area contributed by atoms with Gasteiger partial charge in [-0.1, -0.05) is 0 Å². The number of nitrogens with zero attached hydrogens (tertiary/aromatic N) is 3. The topological polar surface area (TPSA) is 59.8 Å². The summed E-state index contributed by atoms with van der Waals surface area (Å²) < 4.78 is 15.2. The van der Waals surface area contributed by atoms with Gasteiger partial charge in [0.15, 0.2) is 0 Å². The van der Waals surface area contributed by atoms with Crippen LogP contribution in [0.3, 0.4) is 0 Å². The molecule has 2 aromatic heterocycles. The van der Waals surface area contributed by atoms with Crippen LogP contribution in [0.4, 0.5) is 4.39 Å². The van der Waals surface area contributed by atoms with Crippen LogP contribution in [0.2, 0.25) is 0 Å². The predicted molar refractivity (Wildman–Crippen MR) is 108 cm³/mol. The van der Waals surface area contributed by atoms with Gasteiger partial charge in [0.25, 0.3) is 5.91 Å². The lowest BCUT2D eigenvalue weighted by Gasteiger charge is -2.21. The number of rotatable bonds is 4. The molecule has 0 aliphatic rings. The van der Waals surface area contributed by atoms with E-state index in [-0.39, 0.29) is 23.3 Å². The zero-order valence-corrected chi connectivity index (χ0v) is 16.8. The second kappa shape index (κ2) is 7.54. The van der Waals surface area contributed by atoms with E-state index in [4.69, 9.17) is 4.98 Å². The van der Waals surface area contributed by atoms with Crippen molar-refractivity contribution in [1.82, 2.24) is 20.1 Å². The first kappa shape index (κ1) is 19.7. The molecule has 0 aliphatic heterocycles. The van der Waals surface area contributed by atoms with E-state index in [1.54, 1.807) is 30.5 Å². The molecule has 0 radical (unpaired) electrons. The third kappa shape index (κ3) is 4.44. The fourth-order valence-electron chi connectivity index (χ4n) is 2.90. The van der Waals surface area contributed by atoms with Crippen LogP contribution in [-0.4, -0.2) is 26.2 Å². The minimum Gasteiger partial charge on any atom is -0.347 e. The van der Waals surface area contributed by atoms with E-state index in [1.807, 2.05) is 45.4 Å². The lowest BCUT2D eigenvalue weighted by atomic mass is 10.0. The summed E-state index contributed by atoms with van der Waals surface area (Å²) in [6.45, 7) is 9.87. The van der Waals surface area contributed by atoms with Crippen LogP contribution < -0.4 is 5.32 Å². The number of nitrogens with one attached hydrogen (secondary N) is 1. The number of carbonyl (C=O) groups excluding carboxylic acids is 1. The number of aromatic nitrogens is 3.